The van der Waals surface area contributed by atoms with Crippen LogP contribution < -0.4 is 5.32 Å². The van der Waals surface area contributed by atoms with Gasteiger partial charge in [-0.05, 0) is 44.4 Å². The molecule has 0 fully saturated rings. The van der Waals surface area contributed by atoms with Crippen LogP contribution in [0.2, 0.25) is 0 Å². The normalized spacial score (nSPS) is 16.6. The number of fused-ring (bicyclic) bond motifs is 1. The van der Waals surface area contributed by atoms with Crippen molar-refractivity contribution in [2.45, 2.75) is 38.1 Å². The second-order valence-corrected chi connectivity index (χ2v) is 7.11. The van der Waals surface area contributed by atoms with Crippen molar-refractivity contribution < 1.29 is 14.0 Å². The van der Waals surface area contributed by atoms with Gasteiger partial charge >= 0.3 is 0 Å². The van der Waals surface area contributed by atoms with Gasteiger partial charge in [-0.1, -0.05) is 12.1 Å². The molecule has 126 valence electrons. The van der Waals surface area contributed by atoms with Gasteiger partial charge < -0.3 is 10.3 Å². The van der Waals surface area contributed by atoms with E-state index in [-0.39, 0.29) is 23.5 Å². The van der Waals surface area contributed by atoms with Gasteiger partial charge in [-0.3, -0.25) is 9.59 Å². The first kappa shape index (κ1) is 16.8. The summed E-state index contributed by atoms with van der Waals surface area (Å²) in [5.74, 6) is 0.166. The number of carbonyl (C=O) groups excluding carboxylic acids is 2. The summed E-state index contributed by atoms with van der Waals surface area (Å²) >= 11 is 1.48. The van der Waals surface area contributed by atoms with E-state index in [4.69, 9.17) is 0 Å². The smallest absolute Gasteiger partial charge is 0.268 e. The Bertz CT molecular complexity index is 829. The highest BCUT2D eigenvalue weighted by molar-refractivity contribution is 7.99. The van der Waals surface area contributed by atoms with Crippen molar-refractivity contribution in [3.05, 3.63) is 52.1 Å². The van der Waals surface area contributed by atoms with Crippen LogP contribution in [0.3, 0.4) is 0 Å². The van der Waals surface area contributed by atoms with Crippen LogP contribution in [0, 0.1) is 19.7 Å². The molecule has 1 aliphatic heterocycles. The standard InChI is InChI=1S/C18H19FN2O2S/c1-9-15(11(3)22)10(2)20-16(9)18(23)21-14-7-8-24-17-12(14)5-4-6-13(17)19/h4-6,14,20H,7-8H2,1-3H3,(H,21,23). The molecule has 1 aromatic heterocycles. The Kier molecular flexibility index (Phi) is 4.49. The summed E-state index contributed by atoms with van der Waals surface area (Å²) in [7, 11) is 0. The van der Waals surface area contributed by atoms with Gasteiger partial charge in [0.15, 0.2) is 5.78 Å². The van der Waals surface area contributed by atoms with Crippen molar-refractivity contribution in [2.75, 3.05) is 5.75 Å². The van der Waals surface area contributed by atoms with Crippen LogP contribution in [0.4, 0.5) is 4.39 Å². The predicted octanol–water partition coefficient (Wildman–Crippen LogP) is 3.94. The fraction of sp³-hybridized carbons (Fsp3) is 0.333. The molecule has 1 atom stereocenters. The number of rotatable bonds is 3. The second-order valence-electron chi connectivity index (χ2n) is 6.00. The van der Waals surface area contributed by atoms with E-state index in [1.54, 1.807) is 19.9 Å². The van der Waals surface area contributed by atoms with Crippen LogP contribution in [0.25, 0.3) is 0 Å². The average molecular weight is 346 g/mol. The summed E-state index contributed by atoms with van der Waals surface area (Å²) in [6.45, 7) is 5.03. The van der Waals surface area contributed by atoms with E-state index in [0.717, 1.165) is 17.7 Å². The summed E-state index contributed by atoms with van der Waals surface area (Å²) in [6.07, 6.45) is 0.741. The molecular formula is C18H19FN2O2S. The number of Topliss-reactive ketones (excluding diaryl/α,β-unsaturated/α-hetero) is 1. The largest absolute Gasteiger partial charge is 0.354 e. The van der Waals surface area contributed by atoms with E-state index in [9.17, 15) is 14.0 Å². The molecule has 2 heterocycles. The molecule has 1 unspecified atom stereocenters. The summed E-state index contributed by atoms with van der Waals surface area (Å²) < 4.78 is 13.9. The number of aromatic nitrogens is 1. The topological polar surface area (TPSA) is 62.0 Å². The number of nitrogens with one attached hydrogen (secondary N) is 2. The van der Waals surface area contributed by atoms with E-state index >= 15 is 0 Å². The SMILES string of the molecule is CC(=O)c1c(C)[nH]c(C(=O)NC2CCSc3c(F)cccc32)c1C. The van der Waals surface area contributed by atoms with Gasteiger partial charge in [0, 0.05) is 21.9 Å². The minimum atomic E-state index is -0.268. The number of hydrogen-bond acceptors (Lipinski definition) is 3. The maximum Gasteiger partial charge on any atom is 0.268 e. The molecule has 0 radical (unpaired) electrons. The molecule has 1 aliphatic rings. The zero-order chi connectivity index (χ0) is 17.4. The lowest BCUT2D eigenvalue weighted by Gasteiger charge is -2.26. The van der Waals surface area contributed by atoms with Crippen molar-refractivity contribution in [3.63, 3.8) is 0 Å². The zero-order valence-corrected chi connectivity index (χ0v) is 14.6. The predicted molar refractivity (Wildman–Crippen MR) is 92.2 cm³/mol. The molecule has 4 nitrogen and oxygen atoms in total. The Labute approximate surface area is 144 Å². The average Bonchev–Trinajstić information content (AvgIpc) is 2.83. The number of thioether (sulfide) groups is 1. The first-order chi connectivity index (χ1) is 11.4. The van der Waals surface area contributed by atoms with E-state index in [2.05, 4.69) is 10.3 Å². The van der Waals surface area contributed by atoms with E-state index in [1.165, 1.54) is 24.8 Å². The molecule has 3 rings (SSSR count). The van der Waals surface area contributed by atoms with Crippen LogP contribution in [0.5, 0.6) is 0 Å². The Hall–Kier alpha value is -2.08. The minimum Gasteiger partial charge on any atom is -0.354 e. The third-order valence-electron chi connectivity index (χ3n) is 4.35. The van der Waals surface area contributed by atoms with Crippen LogP contribution in [-0.2, 0) is 0 Å². The third kappa shape index (κ3) is 2.86. The van der Waals surface area contributed by atoms with Crippen molar-refractivity contribution in [1.82, 2.24) is 10.3 Å². The van der Waals surface area contributed by atoms with Crippen LogP contribution in [0.15, 0.2) is 23.1 Å². The zero-order valence-electron chi connectivity index (χ0n) is 13.8. The highest BCUT2D eigenvalue weighted by atomic mass is 32.2. The van der Waals surface area contributed by atoms with Crippen molar-refractivity contribution in [1.29, 1.82) is 0 Å². The number of ketones is 1. The van der Waals surface area contributed by atoms with Crippen molar-refractivity contribution in [2.24, 2.45) is 0 Å². The number of aryl methyl sites for hydroxylation is 1. The molecule has 0 saturated heterocycles. The summed E-state index contributed by atoms with van der Waals surface area (Å²) in [5, 5.41) is 2.98. The van der Waals surface area contributed by atoms with Gasteiger partial charge in [-0.25, -0.2) is 4.39 Å². The van der Waals surface area contributed by atoms with Gasteiger partial charge in [0.1, 0.15) is 11.5 Å². The number of amides is 1. The van der Waals surface area contributed by atoms with Gasteiger partial charge in [0.2, 0.25) is 0 Å². The quantitative estimate of drug-likeness (QED) is 0.828. The molecule has 2 aromatic rings. The molecule has 0 spiro atoms. The number of carbonyl (C=O) groups is 2. The van der Waals surface area contributed by atoms with Crippen LogP contribution in [-0.4, -0.2) is 22.4 Å². The van der Waals surface area contributed by atoms with Crippen LogP contribution in [0.1, 0.15) is 57.1 Å². The minimum absolute atomic E-state index is 0.0678. The number of benzene rings is 1. The van der Waals surface area contributed by atoms with Crippen molar-refractivity contribution >= 4 is 23.5 Å². The van der Waals surface area contributed by atoms with Gasteiger partial charge in [-0.2, -0.15) is 0 Å². The highest BCUT2D eigenvalue weighted by Crippen LogP contribution is 2.37. The molecule has 1 amide bonds. The maximum absolute atomic E-state index is 13.9. The number of halogens is 1. The fourth-order valence-electron chi connectivity index (χ4n) is 3.27. The number of H-pyrrole nitrogens is 1. The molecule has 0 bridgehead atoms. The Balaban J connectivity index is 1.89. The highest BCUT2D eigenvalue weighted by Gasteiger charge is 2.27. The first-order valence-corrected chi connectivity index (χ1v) is 8.81. The van der Waals surface area contributed by atoms with Gasteiger partial charge in [-0.15, -0.1) is 11.8 Å². The van der Waals surface area contributed by atoms with Gasteiger partial charge in [0.05, 0.1) is 6.04 Å². The molecule has 1 aromatic carbocycles. The molecule has 6 heteroatoms. The first-order valence-electron chi connectivity index (χ1n) is 7.82. The molecule has 0 aliphatic carbocycles. The summed E-state index contributed by atoms with van der Waals surface area (Å²) in [5.41, 5.74) is 3.12. The monoisotopic (exact) mass is 346 g/mol. The molecule has 0 saturated carbocycles. The van der Waals surface area contributed by atoms with E-state index in [1.807, 2.05) is 6.07 Å². The van der Waals surface area contributed by atoms with Crippen molar-refractivity contribution in [3.8, 4) is 0 Å². The molecule has 24 heavy (non-hydrogen) atoms. The Morgan fingerprint density at radius 1 is 1.33 bits per heavy atom. The van der Waals surface area contributed by atoms with E-state index < -0.39 is 0 Å². The molecule has 2 N–H and O–H groups in total. The lowest BCUT2D eigenvalue weighted by molar-refractivity contribution is 0.0929. The fourth-order valence-corrected chi connectivity index (χ4v) is 4.41. The lowest BCUT2D eigenvalue weighted by Crippen LogP contribution is -2.31. The Morgan fingerprint density at radius 2 is 2.08 bits per heavy atom. The lowest BCUT2D eigenvalue weighted by atomic mass is 10.0. The molecular weight excluding hydrogens is 327 g/mol. The van der Waals surface area contributed by atoms with Crippen LogP contribution >= 0.6 is 11.8 Å². The number of aromatic amines is 1. The Morgan fingerprint density at radius 3 is 2.75 bits per heavy atom. The second kappa shape index (κ2) is 6.43. The third-order valence-corrected chi connectivity index (χ3v) is 5.51. The number of hydrogen-bond donors (Lipinski definition) is 2. The van der Waals surface area contributed by atoms with E-state index in [0.29, 0.717) is 27.4 Å². The van der Waals surface area contributed by atoms with Gasteiger partial charge in [0.25, 0.3) is 5.91 Å². The summed E-state index contributed by atoms with van der Waals surface area (Å²) in [4.78, 5) is 28.0. The summed E-state index contributed by atoms with van der Waals surface area (Å²) in [6, 6.07) is 4.72. The maximum atomic E-state index is 13.9.